The van der Waals surface area contributed by atoms with E-state index >= 15 is 0 Å². The summed E-state index contributed by atoms with van der Waals surface area (Å²) in [5.41, 5.74) is 32.6. The second kappa shape index (κ2) is 10.7. The molecule has 86 valence electrons. The normalized spacial score (nSPS) is 9.50. The molecule has 0 aliphatic rings. The van der Waals surface area contributed by atoms with E-state index in [1.54, 1.807) is 6.92 Å². The van der Waals surface area contributed by atoms with Crippen molar-refractivity contribution in [1.29, 1.82) is 0 Å². The summed E-state index contributed by atoms with van der Waals surface area (Å²) in [6, 6.07) is -0.351. The molecule has 0 heterocycles. The Morgan fingerprint density at radius 1 is 0.944 bits per heavy atom. The van der Waals surface area contributed by atoms with Crippen molar-refractivity contribution in [3.63, 3.8) is 0 Å². The third-order valence-corrected chi connectivity index (χ3v) is 1.45. The molecule has 2 heteroatoms. The van der Waals surface area contributed by atoms with Gasteiger partial charge in [-0.3, -0.25) is 0 Å². The van der Waals surface area contributed by atoms with Gasteiger partial charge in [-0.05, 0) is 71.2 Å². The van der Waals surface area contributed by atoms with E-state index < -0.39 is 6.10 Å². The molecule has 0 aromatic heterocycles. The average molecular weight is 233 g/mol. The van der Waals surface area contributed by atoms with Crippen LogP contribution in [0.25, 0.3) is 0 Å². The van der Waals surface area contributed by atoms with Gasteiger partial charge in [-0.2, -0.15) is 0 Å². The Kier molecular flexibility index (Phi) is 9.10. The summed E-state index contributed by atoms with van der Waals surface area (Å²) in [4.78, 5) is 0. The van der Waals surface area contributed by atoms with Crippen molar-refractivity contribution in [2.75, 3.05) is 0 Å². The molecule has 0 saturated heterocycles. The molecule has 18 heavy (non-hydrogen) atoms. The molecule has 0 unspecified atom stereocenters. The highest BCUT2D eigenvalue weighted by molar-refractivity contribution is 4.95. The van der Waals surface area contributed by atoms with Gasteiger partial charge in [-0.25, -0.2) is 0 Å². The smallest absolute Gasteiger partial charge is 0.0949 e. The molecular weight excluding hydrogens is 222 g/mol. The predicted octanol–water partition coefficient (Wildman–Crippen LogP) is 1.59. The van der Waals surface area contributed by atoms with Gasteiger partial charge in [-0.1, -0.05) is 11.5 Å². The summed E-state index contributed by atoms with van der Waals surface area (Å²) in [5, 5.41) is 9.27. The maximum atomic E-state index is 9.27. The largest absolute Gasteiger partial charge is 0.387 e. The molecule has 0 rings (SSSR count). The topological polar surface area (TPSA) is 46.2 Å². The van der Waals surface area contributed by atoms with E-state index in [9.17, 15) is 5.11 Å². The lowest BCUT2D eigenvalue weighted by molar-refractivity contribution is 0.198. The Hall–Kier alpha value is -2.76. The van der Waals surface area contributed by atoms with Crippen molar-refractivity contribution in [2.24, 2.45) is 5.73 Å². The molecule has 3 N–H and O–H groups in total. The van der Waals surface area contributed by atoms with Gasteiger partial charge < -0.3 is 10.8 Å². The van der Waals surface area contributed by atoms with E-state index in [2.05, 4.69) is 69.6 Å². The van der Waals surface area contributed by atoms with Crippen LogP contribution >= 0.6 is 0 Å². The van der Waals surface area contributed by atoms with Crippen molar-refractivity contribution in [1.82, 2.24) is 0 Å². The lowest BCUT2D eigenvalue weighted by Crippen LogP contribution is -2.29. The first-order valence-electron chi connectivity index (χ1n) is 4.98. The minimum atomic E-state index is -0.753. The highest BCUT2D eigenvalue weighted by Gasteiger charge is 2.02. The zero-order valence-corrected chi connectivity index (χ0v) is 9.96. The lowest BCUT2D eigenvalue weighted by Gasteiger charge is -2.06. The van der Waals surface area contributed by atoms with Gasteiger partial charge in [-0.15, -0.1) is 0 Å². The number of aliphatic hydroxyl groups is 1. The molecule has 0 saturated carbocycles. The highest BCUT2D eigenvalue weighted by atomic mass is 16.3. The minimum absolute atomic E-state index is 0.351. The number of rotatable bonds is 2. The predicted molar refractivity (Wildman–Crippen MR) is 68.5 cm³/mol. The first kappa shape index (κ1) is 15.2. The number of hydrogen-bond donors (Lipinski definition) is 2. The third kappa shape index (κ3) is 9.78. The van der Waals surface area contributed by atoms with Gasteiger partial charge in [0.05, 0.1) is 6.10 Å². The average Bonchev–Trinajstić information content (AvgIpc) is 2.35. The SMILES string of the molecule is C=C=C=C=C=C=C=C=C=C=C=C=C[C@H](O)[C@H](C)N. The minimum Gasteiger partial charge on any atom is -0.387 e. The summed E-state index contributed by atoms with van der Waals surface area (Å²) in [7, 11) is 0. The van der Waals surface area contributed by atoms with Gasteiger partial charge in [0.25, 0.3) is 0 Å². The van der Waals surface area contributed by atoms with Crippen LogP contribution in [0.1, 0.15) is 6.92 Å². The van der Waals surface area contributed by atoms with Gasteiger partial charge in [0, 0.05) is 6.04 Å². The van der Waals surface area contributed by atoms with Crippen molar-refractivity contribution in [3.05, 3.63) is 75.7 Å². The third-order valence-electron chi connectivity index (χ3n) is 1.45. The molecule has 0 radical (unpaired) electrons. The number of hydrogen-bond acceptors (Lipinski definition) is 2. The van der Waals surface area contributed by atoms with Crippen LogP contribution in [0, 0.1) is 0 Å². The van der Waals surface area contributed by atoms with Crippen molar-refractivity contribution in [3.8, 4) is 0 Å². The molecule has 0 aliphatic carbocycles. The lowest BCUT2D eigenvalue weighted by atomic mass is 10.2. The van der Waals surface area contributed by atoms with Crippen molar-refractivity contribution >= 4 is 0 Å². The van der Waals surface area contributed by atoms with Crippen LogP contribution in [0.2, 0.25) is 0 Å². The summed E-state index contributed by atoms with van der Waals surface area (Å²) >= 11 is 0. The summed E-state index contributed by atoms with van der Waals surface area (Å²) in [5.74, 6) is 0. The Balaban J connectivity index is 5.25. The van der Waals surface area contributed by atoms with E-state index in [1.165, 1.54) is 6.08 Å². The van der Waals surface area contributed by atoms with E-state index in [1.807, 2.05) is 0 Å². The van der Waals surface area contributed by atoms with E-state index in [-0.39, 0.29) is 6.04 Å². The Morgan fingerprint density at radius 3 is 1.83 bits per heavy atom. The van der Waals surface area contributed by atoms with Crippen LogP contribution in [-0.4, -0.2) is 17.3 Å². The second-order valence-corrected chi connectivity index (χ2v) is 2.96. The van der Waals surface area contributed by atoms with Crippen LogP contribution in [0.3, 0.4) is 0 Å². The van der Waals surface area contributed by atoms with Crippen LogP contribution in [0.4, 0.5) is 0 Å². The van der Waals surface area contributed by atoms with Gasteiger partial charge in [0.15, 0.2) is 0 Å². The van der Waals surface area contributed by atoms with Crippen LogP contribution in [0.5, 0.6) is 0 Å². The molecule has 0 aromatic carbocycles. The molecule has 2 nitrogen and oxygen atoms in total. The van der Waals surface area contributed by atoms with Crippen molar-refractivity contribution < 1.29 is 5.11 Å². The molecule has 0 bridgehead atoms. The fourth-order valence-electron chi connectivity index (χ4n) is 0.578. The first-order chi connectivity index (χ1) is 8.68. The Labute approximate surface area is 106 Å². The van der Waals surface area contributed by atoms with E-state index in [0.29, 0.717) is 0 Å². The van der Waals surface area contributed by atoms with Crippen LogP contribution in [-0.2, 0) is 0 Å². The molecule has 2 atom stereocenters. The summed E-state index contributed by atoms with van der Waals surface area (Å²) in [6.45, 7) is 4.98. The van der Waals surface area contributed by atoms with E-state index in [4.69, 9.17) is 5.73 Å². The quantitative estimate of drug-likeness (QED) is 0.711. The fraction of sp³-hybridized carbons (Fsp3) is 0.188. The summed E-state index contributed by atoms with van der Waals surface area (Å²) < 4.78 is 0. The molecule has 0 spiro atoms. The molecule has 0 aromatic rings. The highest BCUT2D eigenvalue weighted by Crippen LogP contribution is 1.88. The molecule has 0 amide bonds. The van der Waals surface area contributed by atoms with Crippen LogP contribution < -0.4 is 5.73 Å². The summed E-state index contributed by atoms with van der Waals surface area (Å²) in [6.07, 6.45) is 0.630. The molecule has 0 fully saturated rings. The number of aliphatic hydroxyl groups excluding tert-OH is 1. The van der Waals surface area contributed by atoms with Gasteiger partial charge >= 0.3 is 0 Å². The zero-order chi connectivity index (χ0) is 13.6. The Morgan fingerprint density at radius 2 is 1.39 bits per heavy atom. The zero-order valence-electron chi connectivity index (χ0n) is 9.96. The van der Waals surface area contributed by atoms with Crippen molar-refractivity contribution in [2.45, 2.75) is 19.1 Å². The number of nitrogens with two attached hydrogens (primary N) is 1. The maximum absolute atomic E-state index is 9.27. The van der Waals surface area contributed by atoms with Gasteiger partial charge in [0.1, 0.15) is 0 Å². The van der Waals surface area contributed by atoms with Gasteiger partial charge in [0.2, 0.25) is 0 Å². The first-order valence-corrected chi connectivity index (χ1v) is 4.98. The monoisotopic (exact) mass is 233 g/mol. The maximum Gasteiger partial charge on any atom is 0.0949 e. The van der Waals surface area contributed by atoms with E-state index in [0.717, 1.165) is 0 Å². The fourth-order valence-corrected chi connectivity index (χ4v) is 0.578. The van der Waals surface area contributed by atoms with Crippen LogP contribution in [0.15, 0.2) is 75.7 Å². The second-order valence-electron chi connectivity index (χ2n) is 2.96. The Bertz CT molecular complexity index is 687. The molecule has 0 aliphatic heterocycles. The molecular formula is C16H11NO. The standard InChI is InChI=1S/C16H11NO/c1-3-4-5-6-7-8-9-10-11-12-13-14-16(18)15(2)17/h14-16,18H,1,17H2,2H3/t15-,16-/m0/s1.